The van der Waals surface area contributed by atoms with E-state index >= 15 is 0 Å². The number of ether oxygens (including phenoxy) is 2. The Balaban J connectivity index is 1.47. The third kappa shape index (κ3) is 4.69. The number of carbonyl (C=O) groups excluding carboxylic acids is 1. The Morgan fingerprint density at radius 2 is 1.91 bits per heavy atom. The highest BCUT2D eigenvalue weighted by Gasteiger charge is 2.24. The van der Waals surface area contributed by atoms with Crippen LogP contribution in [0.25, 0.3) is 5.69 Å². The molecule has 0 aliphatic carbocycles. The summed E-state index contributed by atoms with van der Waals surface area (Å²) in [5, 5.41) is 12.6. The highest BCUT2D eigenvalue weighted by atomic mass is 19.1. The molecule has 0 bridgehead atoms. The lowest BCUT2D eigenvalue weighted by atomic mass is 10.2. The second kappa shape index (κ2) is 9.35. The number of anilines is 1. The summed E-state index contributed by atoms with van der Waals surface area (Å²) in [7, 11) is 1.82. The van der Waals surface area contributed by atoms with Crippen molar-refractivity contribution in [3.05, 3.63) is 71.2 Å². The molecular formula is C25H25FN4O3. The molecule has 170 valence electrons. The normalized spacial score (nSPS) is 14.7. The molecule has 2 heterocycles. The van der Waals surface area contributed by atoms with E-state index in [0.29, 0.717) is 41.7 Å². The minimum Gasteiger partial charge on any atom is -0.486 e. The first kappa shape index (κ1) is 22.4. The van der Waals surface area contributed by atoms with Gasteiger partial charge in [-0.1, -0.05) is 12.1 Å². The maximum atomic E-state index is 13.4. The van der Waals surface area contributed by atoms with Gasteiger partial charge in [-0.2, -0.15) is 5.26 Å². The molecule has 1 atom stereocenters. The third-order valence-corrected chi connectivity index (χ3v) is 5.66. The molecule has 1 aliphatic rings. The Bertz CT molecular complexity index is 1210. The van der Waals surface area contributed by atoms with Gasteiger partial charge < -0.3 is 14.8 Å². The first-order valence-electron chi connectivity index (χ1n) is 10.6. The van der Waals surface area contributed by atoms with Crippen LogP contribution in [-0.4, -0.2) is 48.2 Å². The molecule has 0 saturated heterocycles. The van der Waals surface area contributed by atoms with Gasteiger partial charge in [0.2, 0.25) is 5.91 Å². The van der Waals surface area contributed by atoms with E-state index < -0.39 is 0 Å². The van der Waals surface area contributed by atoms with Gasteiger partial charge in [0, 0.05) is 17.9 Å². The number of halogens is 1. The number of rotatable bonds is 6. The summed E-state index contributed by atoms with van der Waals surface area (Å²) in [4.78, 5) is 14.7. The summed E-state index contributed by atoms with van der Waals surface area (Å²) in [5.74, 6) is 1.15. The van der Waals surface area contributed by atoms with E-state index in [0.717, 1.165) is 11.3 Å². The lowest BCUT2D eigenvalue weighted by Gasteiger charge is -2.29. The zero-order chi connectivity index (χ0) is 23.5. The van der Waals surface area contributed by atoms with Gasteiger partial charge in [-0.25, -0.2) is 4.39 Å². The average molecular weight is 448 g/mol. The number of likely N-dealkylation sites (N-methyl/N-ethyl adjacent to an activating group) is 1. The van der Waals surface area contributed by atoms with Gasteiger partial charge in [0.25, 0.3) is 0 Å². The van der Waals surface area contributed by atoms with Crippen LogP contribution >= 0.6 is 0 Å². The maximum absolute atomic E-state index is 13.4. The van der Waals surface area contributed by atoms with E-state index in [1.165, 1.54) is 12.1 Å². The van der Waals surface area contributed by atoms with Crippen molar-refractivity contribution < 1.29 is 18.7 Å². The molecule has 1 N–H and O–H groups in total. The zero-order valence-corrected chi connectivity index (χ0v) is 18.8. The summed E-state index contributed by atoms with van der Waals surface area (Å²) >= 11 is 0. The molecule has 3 aromatic rings. The summed E-state index contributed by atoms with van der Waals surface area (Å²) in [6, 6.07) is 15.6. The van der Waals surface area contributed by atoms with Crippen LogP contribution in [0.15, 0.2) is 48.5 Å². The predicted octanol–water partition coefficient (Wildman–Crippen LogP) is 3.82. The minimum atomic E-state index is -0.357. The Kier molecular flexibility index (Phi) is 6.33. The van der Waals surface area contributed by atoms with Gasteiger partial charge in [-0.3, -0.25) is 14.3 Å². The third-order valence-electron chi connectivity index (χ3n) is 5.66. The molecule has 1 unspecified atom stereocenters. The van der Waals surface area contributed by atoms with Crippen LogP contribution in [0.1, 0.15) is 16.8 Å². The highest BCUT2D eigenvalue weighted by Crippen LogP contribution is 2.31. The van der Waals surface area contributed by atoms with Crippen LogP contribution in [-0.2, 0) is 4.79 Å². The van der Waals surface area contributed by atoms with Gasteiger partial charge >= 0.3 is 0 Å². The number of benzene rings is 2. The standard InChI is InChI=1S/C25H25FN4O3/c1-16-17(2)30(19-10-8-18(26)9-11-19)25(21(16)12-27)28-24(31)14-29(3)13-20-15-32-22-6-4-5-7-23(22)33-20/h4-11,20H,13-15H2,1-3H3,(H,28,31). The first-order valence-corrected chi connectivity index (χ1v) is 10.6. The first-order chi connectivity index (χ1) is 15.9. The van der Waals surface area contributed by atoms with Crippen LogP contribution < -0.4 is 14.8 Å². The smallest absolute Gasteiger partial charge is 0.239 e. The quantitative estimate of drug-likeness (QED) is 0.620. The number of para-hydroxylation sites is 2. The molecular weight excluding hydrogens is 423 g/mol. The number of amides is 1. The largest absolute Gasteiger partial charge is 0.486 e. The number of carbonyl (C=O) groups is 1. The molecule has 7 nitrogen and oxygen atoms in total. The van der Waals surface area contributed by atoms with E-state index in [9.17, 15) is 14.4 Å². The molecule has 1 amide bonds. The van der Waals surface area contributed by atoms with E-state index in [1.807, 2.05) is 50.1 Å². The van der Waals surface area contributed by atoms with Gasteiger partial charge in [0.1, 0.15) is 30.4 Å². The summed E-state index contributed by atoms with van der Waals surface area (Å²) < 4.78 is 26.9. The molecule has 33 heavy (non-hydrogen) atoms. The van der Waals surface area contributed by atoms with E-state index in [-0.39, 0.29) is 24.4 Å². The lowest BCUT2D eigenvalue weighted by molar-refractivity contribution is -0.117. The molecule has 0 saturated carbocycles. The highest BCUT2D eigenvalue weighted by molar-refractivity contribution is 5.93. The lowest BCUT2D eigenvalue weighted by Crippen LogP contribution is -2.42. The predicted molar refractivity (Wildman–Crippen MR) is 122 cm³/mol. The molecule has 0 spiro atoms. The van der Waals surface area contributed by atoms with Crippen molar-refractivity contribution in [2.75, 3.05) is 32.1 Å². The molecule has 1 aliphatic heterocycles. The molecule has 4 rings (SSSR count). The van der Waals surface area contributed by atoms with Crippen molar-refractivity contribution in [2.45, 2.75) is 20.0 Å². The number of fused-ring (bicyclic) bond motifs is 1. The minimum absolute atomic E-state index is 0.0963. The number of nitrogens with one attached hydrogen (secondary N) is 1. The van der Waals surface area contributed by atoms with Crippen LogP contribution in [0.5, 0.6) is 11.5 Å². The Labute approximate surface area is 191 Å². The fraction of sp³-hybridized carbons (Fsp3) is 0.280. The number of hydrogen-bond acceptors (Lipinski definition) is 5. The summed E-state index contributed by atoms with van der Waals surface area (Å²) in [6.07, 6.45) is -0.208. The number of nitrogens with zero attached hydrogens (tertiary/aromatic N) is 3. The SMILES string of the molecule is Cc1c(C#N)c(NC(=O)CN(C)CC2COc3ccccc3O2)n(-c2ccc(F)cc2)c1C. The topological polar surface area (TPSA) is 79.5 Å². The van der Waals surface area contributed by atoms with Crippen molar-refractivity contribution in [3.8, 4) is 23.3 Å². The summed E-state index contributed by atoms with van der Waals surface area (Å²) in [5.41, 5.74) is 2.60. The van der Waals surface area contributed by atoms with E-state index in [4.69, 9.17) is 9.47 Å². The molecule has 1 aromatic heterocycles. The molecule has 0 radical (unpaired) electrons. The number of nitriles is 1. The van der Waals surface area contributed by atoms with Gasteiger partial charge in [-0.15, -0.1) is 0 Å². The van der Waals surface area contributed by atoms with Gasteiger partial charge in [0.15, 0.2) is 11.5 Å². The van der Waals surface area contributed by atoms with Crippen molar-refractivity contribution >= 4 is 11.7 Å². The Morgan fingerprint density at radius 1 is 1.21 bits per heavy atom. The van der Waals surface area contributed by atoms with E-state index in [2.05, 4.69) is 11.4 Å². The zero-order valence-electron chi connectivity index (χ0n) is 18.8. The fourth-order valence-corrected chi connectivity index (χ4v) is 3.96. The van der Waals surface area contributed by atoms with Gasteiger partial charge in [-0.05, 0) is 62.9 Å². The van der Waals surface area contributed by atoms with Crippen LogP contribution in [0.3, 0.4) is 0 Å². The number of hydrogen-bond donors (Lipinski definition) is 1. The molecule has 0 fully saturated rings. The van der Waals surface area contributed by atoms with Crippen molar-refractivity contribution in [2.24, 2.45) is 0 Å². The second-order valence-corrected chi connectivity index (χ2v) is 8.10. The maximum Gasteiger partial charge on any atom is 0.239 e. The Morgan fingerprint density at radius 3 is 2.61 bits per heavy atom. The fourth-order valence-electron chi connectivity index (χ4n) is 3.96. The van der Waals surface area contributed by atoms with Crippen LogP contribution in [0.4, 0.5) is 10.2 Å². The van der Waals surface area contributed by atoms with Crippen molar-refractivity contribution in [3.63, 3.8) is 0 Å². The summed E-state index contributed by atoms with van der Waals surface area (Å²) in [6.45, 7) is 4.67. The molecule has 8 heteroatoms. The van der Waals surface area contributed by atoms with Crippen molar-refractivity contribution in [1.29, 1.82) is 5.26 Å². The second-order valence-electron chi connectivity index (χ2n) is 8.10. The Hall–Kier alpha value is -3.83. The van der Waals surface area contributed by atoms with E-state index in [1.54, 1.807) is 16.7 Å². The van der Waals surface area contributed by atoms with Gasteiger partial charge in [0.05, 0.1) is 12.1 Å². The monoisotopic (exact) mass is 448 g/mol. The molecule has 2 aromatic carbocycles. The number of aromatic nitrogens is 1. The average Bonchev–Trinajstić information content (AvgIpc) is 3.03. The van der Waals surface area contributed by atoms with Crippen LogP contribution in [0, 0.1) is 31.0 Å². The van der Waals surface area contributed by atoms with Crippen molar-refractivity contribution in [1.82, 2.24) is 9.47 Å². The van der Waals surface area contributed by atoms with Crippen LogP contribution in [0.2, 0.25) is 0 Å².